The van der Waals surface area contributed by atoms with Crippen molar-refractivity contribution in [3.8, 4) is 10.7 Å². The van der Waals surface area contributed by atoms with E-state index in [1.807, 2.05) is 43.6 Å². The van der Waals surface area contributed by atoms with Crippen LogP contribution in [0.5, 0.6) is 0 Å². The van der Waals surface area contributed by atoms with Gasteiger partial charge in [0, 0.05) is 24.7 Å². The van der Waals surface area contributed by atoms with Gasteiger partial charge in [0.1, 0.15) is 22.3 Å². The van der Waals surface area contributed by atoms with Crippen molar-refractivity contribution in [2.45, 2.75) is 20.3 Å². The summed E-state index contributed by atoms with van der Waals surface area (Å²) in [6.45, 7) is 4.16. The van der Waals surface area contributed by atoms with Gasteiger partial charge in [-0.3, -0.25) is 4.98 Å². The van der Waals surface area contributed by atoms with E-state index in [1.54, 1.807) is 17.5 Å². The smallest absolute Gasteiger partial charge is 0.143 e. The van der Waals surface area contributed by atoms with Crippen LogP contribution < -0.4 is 5.32 Å². The first-order valence-electron chi connectivity index (χ1n) is 8.13. The van der Waals surface area contributed by atoms with Crippen LogP contribution in [0.4, 0.5) is 11.6 Å². The standard InChI is InChI=1S/C19H17N5S/c1-3-13-6-7-16(21-10-13)24-17-9-14-15(11-22-17)25-19(23-14)18-12(2)5-4-8-20-18/h4-11H,3H2,1-2H3,(H,21,22,24). The van der Waals surface area contributed by atoms with Gasteiger partial charge in [0.05, 0.1) is 10.2 Å². The lowest BCUT2D eigenvalue weighted by atomic mass is 10.2. The maximum Gasteiger partial charge on any atom is 0.143 e. The third kappa shape index (κ3) is 3.21. The fraction of sp³-hybridized carbons (Fsp3) is 0.158. The van der Waals surface area contributed by atoms with Crippen LogP contribution in [-0.4, -0.2) is 19.9 Å². The zero-order valence-electron chi connectivity index (χ0n) is 14.0. The second-order valence-corrected chi connectivity index (χ2v) is 6.79. The van der Waals surface area contributed by atoms with Gasteiger partial charge in [0.2, 0.25) is 0 Å². The number of thiazole rings is 1. The van der Waals surface area contributed by atoms with Crippen LogP contribution in [0.25, 0.3) is 20.9 Å². The average molecular weight is 347 g/mol. The van der Waals surface area contributed by atoms with E-state index in [9.17, 15) is 0 Å². The number of aromatic nitrogens is 4. The number of aryl methyl sites for hydroxylation is 2. The van der Waals surface area contributed by atoms with Gasteiger partial charge in [-0.2, -0.15) is 0 Å². The van der Waals surface area contributed by atoms with E-state index in [1.165, 1.54) is 5.56 Å². The minimum atomic E-state index is 0.735. The highest BCUT2D eigenvalue weighted by Gasteiger charge is 2.11. The molecule has 0 aromatic carbocycles. The van der Waals surface area contributed by atoms with Crippen molar-refractivity contribution in [1.29, 1.82) is 0 Å². The molecule has 0 unspecified atom stereocenters. The summed E-state index contributed by atoms with van der Waals surface area (Å²) in [4.78, 5) is 18.1. The van der Waals surface area contributed by atoms with Gasteiger partial charge in [-0.05, 0) is 36.6 Å². The first kappa shape index (κ1) is 15.7. The Bertz CT molecular complexity index is 1020. The van der Waals surface area contributed by atoms with Crippen molar-refractivity contribution >= 4 is 33.2 Å². The minimum Gasteiger partial charge on any atom is -0.325 e. The number of pyridine rings is 3. The fourth-order valence-electron chi connectivity index (χ4n) is 2.55. The number of fused-ring (bicyclic) bond motifs is 1. The van der Waals surface area contributed by atoms with Crippen LogP contribution in [0.2, 0.25) is 0 Å². The van der Waals surface area contributed by atoms with Crippen LogP contribution in [0.3, 0.4) is 0 Å². The van der Waals surface area contributed by atoms with Crippen molar-refractivity contribution in [2.75, 3.05) is 5.32 Å². The highest BCUT2D eigenvalue weighted by Crippen LogP contribution is 2.31. The molecule has 0 saturated heterocycles. The SMILES string of the molecule is CCc1ccc(Nc2cc3nc(-c4ncccc4C)sc3cn2)nc1. The summed E-state index contributed by atoms with van der Waals surface area (Å²) in [6, 6.07) is 9.97. The summed E-state index contributed by atoms with van der Waals surface area (Å²) in [5.41, 5.74) is 4.17. The summed E-state index contributed by atoms with van der Waals surface area (Å²) >= 11 is 1.60. The molecule has 0 saturated carbocycles. The quantitative estimate of drug-likeness (QED) is 0.576. The fourth-order valence-corrected chi connectivity index (χ4v) is 3.53. The first-order valence-corrected chi connectivity index (χ1v) is 8.95. The van der Waals surface area contributed by atoms with E-state index >= 15 is 0 Å². The van der Waals surface area contributed by atoms with Crippen LogP contribution in [0, 0.1) is 6.92 Å². The van der Waals surface area contributed by atoms with Crippen molar-refractivity contribution < 1.29 is 0 Å². The predicted octanol–water partition coefficient (Wildman–Crippen LogP) is 4.76. The molecule has 4 heterocycles. The van der Waals surface area contributed by atoms with Gasteiger partial charge >= 0.3 is 0 Å². The predicted molar refractivity (Wildman–Crippen MR) is 102 cm³/mol. The number of hydrogen-bond acceptors (Lipinski definition) is 6. The Balaban J connectivity index is 1.65. The Morgan fingerprint density at radius 2 is 1.92 bits per heavy atom. The van der Waals surface area contributed by atoms with Crippen molar-refractivity contribution in [1.82, 2.24) is 19.9 Å². The molecule has 4 aromatic heterocycles. The largest absolute Gasteiger partial charge is 0.325 e. The van der Waals surface area contributed by atoms with Crippen molar-refractivity contribution in [3.63, 3.8) is 0 Å². The lowest BCUT2D eigenvalue weighted by molar-refractivity contribution is 1.10. The summed E-state index contributed by atoms with van der Waals surface area (Å²) in [5, 5.41) is 4.15. The molecule has 0 aliphatic rings. The van der Waals surface area contributed by atoms with Gasteiger partial charge < -0.3 is 5.32 Å². The number of nitrogens with one attached hydrogen (secondary N) is 1. The molecule has 6 heteroatoms. The van der Waals surface area contributed by atoms with E-state index in [0.717, 1.165) is 44.5 Å². The topological polar surface area (TPSA) is 63.6 Å². The molecule has 124 valence electrons. The Labute approximate surface area is 149 Å². The van der Waals surface area contributed by atoms with E-state index < -0.39 is 0 Å². The lowest BCUT2D eigenvalue weighted by Crippen LogP contribution is -1.96. The summed E-state index contributed by atoms with van der Waals surface area (Å²) in [5.74, 6) is 1.51. The molecule has 0 bridgehead atoms. The van der Waals surface area contributed by atoms with Gasteiger partial charge in [0.25, 0.3) is 0 Å². The molecule has 0 radical (unpaired) electrons. The molecule has 0 amide bonds. The normalized spacial score (nSPS) is 11.0. The molecule has 0 atom stereocenters. The first-order chi connectivity index (χ1) is 12.2. The Hall–Kier alpha value is -2.86. The minimum absolute atomic E-state index is 0.735. The molecule has 1 N–H and O–H groups in total. The van der Waals surface area contributed by atoms with Gasteiger partial charge in [-0.25, -0.2) is 15.0 Å². The molecule has 25 heavy (non-hydrogen) atoms. The molecule has 4 aromatic rings. The third-order valence-electron chi connectivity index (χ3n) is 3.98. The molecule has 5 nitrogen and oxygen atoms in total. The summed E-state index contributed by atoms with van der Waals surface area (Å²) in [7, 11) is 0. The molecule has 0 spiro atoms. The van der Waals surface area contributed by atoms with Gasteiger partial charge in [-0.15, -0.1) is 11.3 Å². The van der Waals surface area contributed by atoms with E-state index in [-0.39, 0.29) is 0 Å². The molecule has 0 aliphatic carbocycles. The van der Waals surface area contributed by atoms with E-state index in [4.69, 9.17) is 4.98 Å². The van der Waals surface area contributed by atoms with Crippen LogP contribution in [0.15, 0.2) is 48.9 Å². The number of hydrogen-bond donors (Lipinski definition) is 1. The summed E-state index contributed by atoms with van der Waals surface area (Å²) in [6.07, 6.45) is 6.50. The lowest BCUT2D eigenvalue weighted by Gasteiger charge is -2.04. The monoisotopic (exact) mass is 347 g/mol. The molecular formula is C19H17N5S. The number of rotatable bonds is 4. The van der Waals surface area contributed by atoms with Crippen molar-refractivity contribution in [2.24, 2.45) is 0 Å². The highest BCUT2D eigenvalue weighted by atomic mass is 32.1. The van der Waals surface area contributed by atoms with Crippen LogP contribution in [0.1, 0.15) is 18.1 Å². The zero-order chi connectivity index (χ0) is 17.2. The van der Waals surface area contributed by atoms with Gasteiger partial charge in [0.15, 0.2) is 0 Å². The Morgan fingerprint density at radius 3 is 2.68 bits per heavy atom. The highest BCUT2D eigenvalue weighted by molar-refractivity contribution is 7.21. The summed E-state index contributed by atoms with van der Waals surface area (Å²) < 4.78 is 1.04. The zero-order valence-corrected chi connectivity index (χ0v) is 14.8. The maximum absolute atomic E-state index is 4.73. The average Bonchev–Trinajstić information content (AvgIpc) is 3.06. The van der Waals surface area contributed by atoms with Crippen molar-refractivity contribution in [3.05, 3.63) is 60.0 Å². The molecular weight excluding hydrogens is 330 g/mol. The number of anilines is 2. The third-order valence-corrected chi connectivity index (χ3v) is 4.99. The Kier molecular flexibility index (Phi) is 4.11. The second kappa shape index (κ2) is 6.57. The van der Waals surface area contributed by atoms with Crippen LogP contribution >= 0.6 is 11.3 Å². The van der Waals surface area contributed by atoms with E-state index in [2.05, 4.69) is 33.3 Å². The second-order valence-electron chi connectivity index (χ2n) is 5.76. The number of nitrogens with zero attached hydrogens (tertiary/aromatic N) is 4. The molecule has 4 rings (SSSR count). The molecule has 0 fully saturated rings. The molecule has 0 aliphatic heterocycles. The van der Waals surface area contributed by atoms with Crippen LogP contribution in [-0.2, 0) is 6.42 Å². The maximum atomic E-state index is 4.73. The Morgan fingerprint density at radius 1 is 1.04 bits per heavy atom. The van der Waals surface area contributed by atoms with E-state index in [0.29, 0.717) is 0 Å². The van der Waals surface area contributed by atoms with Gasteiger partial charge in [-0.1, -0.05) is 19.1 Å².